The van der Waals surface area contributed by atoms with Gasteiger partial charge in [-0.15, -0.1) is 0 Å². The Morgan fingerprint density at radius 1 is 0.478 bits per heavy atom. The van der Waals surface area contributed by atoms with Crippen LogP contribution in [-0.2, 0) is 4.79 Å². The molecule has 0 aliphatic carbocycles. The van der Waals surface area contributed by atoms with E-state index in [-0.39, 0.29) is 0 Å². The second kappa shape index (κ2) is 21.1. The fourth-order valence-electron chi connectivity index (χ4n) is 2.71. The summed E-state index contributed by atoms with van der Waals surface area (Å²) in [4.78, 5) is 10.2. The molecule has 0 aromatic carbocycles. The third-order valence-corrected chi connectivity index (χ3v) is 4.24. The maximum absolute atomic E-state index is 10.2. The third-order valence-electron chi connectivity index (χ3n) is 4.24. The minimum Gasteiger partial charge on any atom is -0.303 e. The molecule has 0 radical (unpaired) electrons. The lowest BCUT2D eigenvalue weighted by Gasteiger charge is -1.98. The van der Waals surface area contributed by atoms with Crippen molar-refractivity contribution in [2.24, 2.45) is 0 Å². The number of aldehydes is 1. The lowest BCUT2D eigenvalue weighted by atomic mass is 10.1. The molecule has 0 aliphatic rings. The average Bonchev–Trinajstić information content (AvgIpc) is 2.57. The molecule has 0 N–H and O–H groups in total. The van der Waals surface area contributed by atoms with E-state index in [4.69, 9.17) is 0 Å². The highest BCUT2D eigenvalue weighted by atomic mass is 16.1. The average molecular weight is 321 g/mol. The van der Waals surface area contributed by atoms with Crippen LogP contribution in [0.4, 0.5) is 0 Å². The quantitative estimate of drug-likeness (QED) is 0.145. The minimum atomic E-state index is 0.705. The van der Waals surface area contributed by atoms with Crippen LogP contribution in [0, 0.1) is 0 Å². The van der Waals surface area contributed by atoms with Crippen molar-refractivity contribution < 1.29 is 4.79 Å². The Morgan fingerprint density at radius 3 is 1.30 bits per heavy atom. The fourth-order valence-corrected chi connectivity index (χ4v) is 2.71. The van der Waals surface area contributed by atoms with Crippen LogP contribution < -0.4 is 0 Å². The van der Waals surface area contributed by atoms with E-state index >= 15 is 0 Å². The van der Waals surface area contributed by atoms with E-state index in [9.17, 15) is 4.79 Å². The molecule has 0 aliphatic heterocycles. The van der Waals surface area contributed by atoms with Gasteiger partial charge < -0.3 is 4.79 Å². The van der Waals surface area contributed by atoms with Crippen molar-refractivity contribution in [2.45, 2.75) is 110 Å². The highest BCUT2D eigenvalue weighted by molar-refractivity contribution is 5.48. The number of rotatable bonds is 18. The van der Waals surface area contributed by atoms with E-state index in [0.29, 0.717) is 6.42 Å². The Kier molecular flexibility index (Phi) is 20.4. The Morgan fingerprint density at radius 2 is 0.870 bits per heavy atom. The van der Waals surface area contributed by atoms with Crippen molar-refractivity contribution in [1.82, 2.24) is 0 Å². The van der Waals surface area contributed by atoms with Crippen LogP contribution in [0.3, 0.4) is 0 Å². The third kappa shape index (κ3) is 21.1. The van der Waals surface area contributed by atoms with Crippen molar-refractivity contribution in [1.29, 1.82) is 0 Å². The zero-order valence-corrected chi connectivity index (χ0v) is 15.6. The molecule has 0 aromatic rings. The van der Waals surface area contributed by atoms with Crippen LogP contribution >= 0.6 is 0 Å². The summed E-state index contributed by atoms with van der Waals surface area (Å²) in [5, 5.41) is 0. The first-order chi connectivity index (χ1) is 11.4. The molecule has 0 bridgehead atoms. The van der Waals surface area contributed by atoms with Crippen molar-refractivity contribution in [2.75, 3.05) is 0 Å². The monoisotopic (exact) mass is 320 g/mol. The van der Waals surface area contributed by atoms with E-state index in [1.165, 1.54) is 83.5 Å². The van der Waals surface area contributed by atoms with E-state index in [2.05, 4.69) is 31.2 Å². The molecule has 0 saturated heterocycles. The molecule has 0 rings (SSSR count). The van der Waals surface area contributed by atoms with E-state index in [0.717, 1.165) is 19.1 Å². The van der Waals surface area contributed by atoms with Gasteiger partial charge in [0, 0.05) is 6.42 Å². The highest BCUT2D eigenvalue weighted by Gasteiger charge is 1.90. The molecule has 0 fully saturated rings. The van der Waals surface area contributed by atoms with Gasteiger partial charge in [0.2, 0.25) is 0 Å². The Bertz CT molecular complexity index is 278. The largest absolute Gasteiger partial charge is 0.303 e. The van der Waals surface area contributed by atoms with Gasteiger partial charge in [0.15, 0.2) is 0 Å². The summed E-state index contributed by atoms with van der Waals surface area (Å²) < 4.78 is 0. The summed E-state index contributed by atoms with van der Waals surface area (Å²) in [5.41, 5.74) is 0. The number of carbonyl (C=O) groups excluding carboxylic acids is 1. The molecule has 0 heterocycles. The summed E-state index contributed by atoms with van der Waals surface area (Å²) >= 11 is 0. The molecule has 134 valence electrons. The van der Waals surface area contributed by atoms with Crippen LogP contribution in [-0.4, -0.2) is 6.29 Å². The predicted octanol–water partition coefficient (Wildman–Crippen LogP) is 7.56. The van der Waals surface area contributed by atoms with Crippen LogP contribution in [0.25, 0.3) is 0 Å². The first-order valence-electron chi connectivity index (χ1n) is 10.2. The van der Waals surface area contributed by atoms with Crippen LogP contribution in [0.1, 0.15) is 110 Å². The number of allylic oxidation sites excluding steroid dienone is 4. The minimum absolute atomic E-state index is 0.705. The summed E-state index contributed by atoms with van der Waals surface area (Å²) in [6.45, 7) is 2.28. The molecule has 0 spiro atoms. The summed E-state index contributed by atoms with van der Waals surface area (Å²) in [6.07, 6.45) is 30.6. The Hall–Kier alpha value is -0.850. The summed E-state index contributed by atoms with van der Waals surface area (Å²) in [7, 11) is 0. The first-order valence-corrected chi connectivity index (χ1v) is 10.2. The maximum atomic E-state index is 10.2. The van der Waals surface area contributed by atoms with Crippen LogP contribution in [0.15, 0.2) is 24.3 Å². The zero-order chi connectivity index (χ0) is 16.8. The standard InChI is InChI=1S/C22H40O/c1-2-3-4-5-6-7-8-9-10-11-12-13-14-15-16-17-18-19-20-21-22-23/h9-10,17-18,22H,2-8,11-16,19-21H2,1H3. The maximum Gasteiger partial charge on any atom is 0.120 e. The molecule has 0 atom stereocenters. The van der Waals surface area contributed by atoms with Gasteiger partial charge in [-0.05, 0) is 51.4 Å². The lowest BCUT2D eigenvalue weighted by molar-refractivity contribution is -0.107. The summed E-state index contributed by atoms with van der Waals surface area (Å²) in [6, 6.07) is 0. The molecule has 0 amide bonds. The van der Waals surface area contributed by atoms with Crippen molar-refractivity contribution in [3.05, 3.63) is 24.3 Å². The zero-order valence-electron chi connectivity index (χ0n) is 15.6. The SMILES string of the molecule is CCCCCCCCC=CCCCCCCC=CCCCC=O. The Labute approximate surface area is 145 Å². The molecular formula is C22H40O. The topological polar surface area (TPSA) is 17.1 Å². The second-order valence-electron chi connectivity index (χ2n) is 6.59. The van der Waals surface area contributed by atoms with E-state index in [1.807, 2.05) is 0 Å². The van der Waals surface area contributed by atoms with Crippen molar-refractivity contribution in [3.8, 4) is 0 Å². The second-order valence-corrected chi connectivity index (χ2v) is 6.59. The lowest BCUT2D eigenvalue weighted by Crippen LogP contribution is -1.79. The molecule has 0 saturated carbocycles. The molecule has 0 aromatic heterocycles. The first kappa shape index (κ1) is 22.1. The van der Waals surface area contributed by atoms with Crippen molar-refractivity contribution in [3.63, 3.8) is 0 Å². The molecular weight excluding hydrogens is 280 g/mol. The highest BCUT2D eigenvalue weighted by Crippen LogP contribution is 2.09. The Balaban J connectivity index is 3.11. The van der Waals surface area contributed by atoms with Gasteiger partial charge in [0.1, 0.15) is 6.29 Å². The molecule has 0 unspecified atom stereocenters. The molecule has 1 heteroatoms. The number of hydrogen-bond donors (Lipinski definition) is 0. The van der Waals surface area contributed by atoms with E-state index < -0.39 is 0 Å². The summed E-state index contributed by atoms with van der Waals surface area (Å²) in [5.74, 6) is 0. The van der Waals surface area contributed by atoms with Crippen LogP contribution in [0.5, 0.6) is 0 Å². The van der Waals surface area contributed by atoms with E-state index in [1.54, 1.807) is 0 Å². The van der Waals surface area contributed by atoms with Gasteiger partial charge in [-0.2, -0.15) is 0 Å². The van der Waals surface area contributed by atoms with Gasteiger partial charge in [-0.1, -0.05) is 76.2 Å². The van der Waals surface area contributed by atoms with Gasteiger partial charge in [-0.3, -0.25) is 0 Å². The molecule has 23 heavy (non-hydrogen) atoms. The predicted molar refractivity (Wildman–Crippen MR) is 104 cm³/mol. The smallest absolute Gasteiger partial charge is 0.120 e. The number of carbonyl (C=O) groups is 1. The van der Waals surface area contributed by atoms with Crippen molar-refractivity contribution >= 4 is 6.29 Å². The van der Waals surface area contributed by atoms with Gasteiger partial charge in [0.05, 0.1) is 0 Å². The normalized spacial score (nSPS) is 11.7. The fraction of sp³-hybridized carbons (Fsp3) is 0.773. The van der Waals surface area contributed by atoms with Gasteiger partial charge in [0.25, 0.3) is 0 Å². The van der Waals surface area contributed by atoms with Gasteiger partial charge >= 0.3 is 0 Å². The number of unbranched alkanes of at least 4 members (excludes halogenated alkanes) is 13. The molecule has 1 nitrogen and oxygen atoms in total. The van der Waals surface area contributed by atoms with Crippen LogP contribution in [0.2, 0.25) is 0 Å². The van der Waals surface area contributed by atoms with Gasteiger partial charge in [-0.25, -0.2) is 0 Å². The number of hydrogen-bond acceptors (Lipinski definition) is 1.